The molecule has 1 heterocycles. The number of fused-ring (bicyclic) bond motifs is 1. The molecule has 2 aromatic rings. The van der Waals surface area contributed by atoms with Gasteiger partial charge < -0.3 is 0 Å². The average Bonchev–Trinajstić information content (AvgIpc) is 2.28. The van der Waals surface area contributed by atoms with Gasteiger partial charge in [0, 0.05) is 0 Å². The fourth-order valence-electron chi connectivity index (χ4n) is 2.20. The molecule has 0 radical (unpaired) electrons. The third-order valence-electron chi connectivity index (χ3n) is 2.81. The van der Waals surface area contributed by atoms with Crippen LogP contribution in [0.15, 0.2) is 30.5 Å². The molecule has 0 aliphatic carbocycles. The Morgan fingerprint density at radius 1 is 0.941 bits per heavy atom. The summed E-state index contributed by atoms with van der Waals surface area (Å²) in [7, 11) is -0.221. The fraction of sp³-hybridized carbons (Fsp3) is 0.429. The second-order valence-electron chi connectivity index (χ2n) is 4.81. The first-order valence-corrected chi connectivity index (χ1v) is 7.57. The van der Waals surface area contributed by atoms with E-state index in [9.17, 15) is 0 Å². The molecule has 0 spiro atoms. The molecule has 0 unspecified atom stereocenters. The lowest BCUT2D eigenvalue weighted by Gasteiger charge is -2.24. The van der Waals surface area contributed by atoms with E-state index in [4.69, 9.17) is 4.98 Å². The molecular formula is C14H19N2P. The zero-order valence-corrected chi connectivity index (χ0v) is 11.8. The summed E-state index contributed by atoms with van der Waals surface area (Å²) in [5, 5.41) is 0. The van der Waals surface area contributed by atoms with Crippen molar-refractivity contribution in [2.75, 3.05) is 0 Å². The van der Waals surface area contributed by atoms with Gasteiger partial charge in [-0.05, 0) is 31.4 Å². The van der Waals surface area contributed by atoms with Crippen molar-refractivity contribution >= 4 is 24.4 Å². The molecule has 0 N–H and O–H groups in total. The van der Waals surface area contributed by atoms with E-state index in [0.29, 0.717) is 11.3 Å². The monoisotopic (exact) mass is 246 g/mol. The number of aromatic nitrogens is 2. The summed E-state index contributed by atoms with van der Waals surface area (Å²) >= 11 is 0. The molecule has 17 heavy (non-hydrogen) atoms. The maximum Gasteiger partial charge on any atom is 0.0894 e. The number of para-hydroxylation sites is 2. The summed E-state index contributed by atoms with van der Waals surface area (Å²) in [4.78, 5) is 9.30. The molecule has 2 nitrogen and oxygen atoms in total. The molecule has 0 bridgehead atoms. The van der Waals surface area contributed by atoms with Crippen molar-refractivity contribution < 1.29 is 0 Å². The van der Waals surface area contributed by atoms with Crippen molar-refractivity contribution in [3.8, 4) is 0 Å². The molecule has 0 amide bonds. The van der Waals surface area contributed by atoms with Crippen molar-refractivity contribution in [2.24, 2.45) is 0 Å². The standard InChI is InChI=1S/C14H19N2P/c1-10(2)17(11(3)4)14-9-15-12-7-5-6-8-13(12)16-14/h5-11H,1-4H3. The van der Waals surface area contributed by atoms with Gasteiger partial charge in [0.2, 0.25) is 0 Å². The maximum atomic E-state index is 4.78. The molecule has 3 heteroatoms. The lowest BCUT2D eigenvalue weighted by atomic mass is 10.3. The van der Waals surface area contributed by atoms with Crippen molar-refractivity contribution in [3.05, 3.63) is 30.5 Å². The van der Waals surface area contributed by atoms with Gasteiger partial charge in [-0.25, -0.2) is 4.98 Å². The van der Waals surface area contributed by atoms with E-state index in [1.54, 1.807) is 0 Å². The van der Waals surface area contributed by atoms with Crippen molar-refractivity contribution in [1.82, 2.24) is 9.97 Å². The van der Waals surface area contributed by atoms with Gasteiger partial charge in [-0.3, -0.25) is 4.98 Å². The van der Waals surface area contributed by atoms with Crippen LogP contribution in [-0.4, -0.2) is 21.3 Å². The smallest absolute Gasteiger partial charge is 0.0894 e. The Morgan fingerprint density at radius 2 is 1.53 bits per heavy atom. The quantitative estimate of drug-likeness (QED) is 0.774. The van der Waals surface area contributed by atoms with Gasteiger partial charge in [0.1, 0.15) is 0 Å². The summed E-state index contributed by atoms with van der Waals surface area (Å²) in [5.74, 6) is 0. The van der Waals surface area contributed by atoms with Crippen LogP contribution in [0.5, 0.6) is 0 Å². The third-order valence-corrected chi connectivity index (χ3v) is 5.78. The molecule has 90 valence electrons. The summed E-state index contributed by atoms with van der Waals surface area (Å²) in [6.07, 6.45) is 1.97. The summed E-state index contributed by atoms with van der Waals surface area (Å²) in [6, 6.07) is 8.08. The first kappa shape index (κ1) is 12.4. The largest absolute Gasteiger partial charge is 0.252 e. The summed E-state index contributed by atoms with van der Waals surface area (Å²) < 4.78 is 0. The highest BCUT2D eigenvalue weighted by atomic mass is 31.1. The van der Waals surface area contributed by atoms with Crippen LogP contribution in [0.2, 0.25) is 0 Å². The fourth-order valence-corrected chi connectivity index (χ4v) is 4.86. The molecule has 0 fully saturated rings. The number of nitrogens with zero attached hydrogens (tertiary/aromatic N) is 2. The normalized spacial score (nSPS) is 11.9. The lowest BCUT2D eigenvalue weighted by molar-refractivity contribution is 1.02. The molecule has 0 aliphatic heterocycles. The minimum Gasteiger partial charge on any atom is -0.252 e. The van der Waals surface area contributed by atoms with Crippen LogP contribution in [0.4, 0.5) is 0 Å². The summed E-state index contributed by atoms with van der Waals surface area (Å²) in [6.45, 7) is 9.12. The minimum atomic E-state index is -0.221. The van der Waals surface area contributed by atoms with Gasteiger partial charge in [0.05, 0.1) is 22.7 Å². The summed E-state index contributed by atoms with van der Waals surface area (Å²) in [5.41, 5.74) is 4.49. The Labute approximate surface area is 104 Å². The Bertz CT molecular complexity index is 500. The minimum absolute atomic E-state index is 0.221. The van der Waals surface area contributed by atoms with Gasteiger partial charge in [0.25, 0.3) is 0 Å². The van der Waals surface area contributed by atoms with Gasteiger partial charge in [-0.2, -0.15) is 0 Å². The Morgan fingerprint density at radius 3 is 2.12 bits per heavy atom. The second kappa shape index (κ2) is 5.10. The Balaban J connectivity index is 2.47. The third kappa shape index (κ3) is 2.63. The van der Waals surface area contributed by atoms with Gasteiger partial charge in [0.15, 0.2) is 0 Å². The number of hydrogen-bond donors (Lipinski definition) is 0. The van der Waals surface area contributed by atoms with Crippen molar-refractivity contribution in [3.63, 3.8) is 0 Å². The molecule has 2 rings (SSSR count). The highest BCUT2D eigenvalue weighted by Gasteiger charge is 2.20. The van der Waals surface area contributed by atoms with E-state index in [-0.39, 0.29) is 7.92 Å². The lowest BCUT2D eigenvalue weighted by Crippen LogP contribution is -2.18. The van der Waals surface area contributed by atoms with E-state index < -0.39 is 0 Å². The van der Waals surface area contributed by atoms with Crippen LogP contribution in [0, 0.1) is 0 Å². The van der Waals surface area contributed by atoms with Gasteiger partial charge >= 0.3 is 0 Å². The van der Waals surface area contributed by atoms with Crippen molar-refractivity contribution in [2.45, 2.75) is 39.0 Å². The Hall–Kier alpha value is -1.01. The highest BCUT2D eigenvalue weighted by molar-refractivity contribution is 7.66. The van der Waals surface area contributed by atoms with E-state index in [0.717, 1.165) is 11.0 Å². The number of benzene rings is 1. The van der Waals surface area contributed by atoms with Crippen LogP contribution in [-0.2, 0) is 0 Å². The van der Waals surface area contributed by atoms with E-state index in [2.05, 4.69) is 32.7 Å². The molecule has 0 atom stereocenters. The van der Waals surface area contributed by atoms with E-state index >= 15 is 0 Å². The molecular weight excluding hydrogens is 227 g/mol. The number of rotatable bonds is 3. The Kier molecular flexibility index (Phi) is 3.73. The SMILES string of the molecule is CC(C)P(c1cnc2ccccc2n1)C(C)C. The van der Waals surface area contributed by atoms with Crippen LogP contribution >= 0.6 is 7.92 Å². The highest BCUT2D eigenvalue weighted by Crippen LogP contribution is 2.44. The first-order valence-electron chi connectivity index (χ1n) is 6.09. The molecule has 0 saturated heterocycles. The maximum absolute atomic E-state index is 4.78. The van der Waals surface area contributed by atoms with Gasteiger partial charge in [-0.1, -0.05) is 39.8 Å². The average molecular weight is 246 g/mol. The predicted molar refractivity (Wildman–Crippen MR) is 76.4 cm³/mol. The molecule has 1 aromatic carbocycles. The molecule has 0 aliphatic rings. The van der Waals surface area contributed by atoms with Crippen LogP contribution < -0.4 is 5.44 Å². The second-order valence-corrected chi connectivity index (χ2v) is 8.15. The first-order chi connectivity index (χ1) is 8.09. The zero-order chi connectivity index (χ0) is 12.4. The van der Waals surface area contributed by atoms with Crippen LogP contribution in [0.1, 0.15) is 27.7 Å². The van der Waals surface area contributed by atoms with Gasteiger partial charge in [-0.15, -0.1) is 0 Å². The predicted octanol–water partition coefficient (Wildman–Crippen LogP) is 3.55. The molecule has 0 saturated carbocycles. The number of hydrogen-bond acceptors (Lipinski definition) is 2. The zero-order valence-electron chi connectivity index (χ0n) is 10.9. The van der Waals surface area contributed by atoms with Crippen LogP contribution in [0.25, 0.3) is 11.0 Å². The topological polar surface area (TPSA) is 25.8 Å². The van der Waals surface area contributed by atoms with Crippen LogP contribution in [0.3, 0.4) is 0 Å². The van der Waals surface area contributed by atoms with Crippen molar-refractivity contribution in [1.29, 1.82) is 0 Å². The van der Waals surface area contributed by atoms with E-state index in [1.807, 2.05) is 30.5 Å². The van der Waals surface area contributed by atoms with E-state index in [1.165, 1.54) is 5.44 Å². The molecule has 1 aromatic heterocycles.